The maximum absolute atomic E-state index is 13.9. The molecule has 1 N–H and O–H groups in total. The van der Waals surface area contributed by atoms with Gasteiger partial charge in [0.1, 0.15) is 6.04 Å². The van der Waals surface area contributed by atoms with Gasteiger partial charge in [-0.25, -0.2) is 4.79 Å². The van der Waals surface area contributed by atoms with Crippen molar-refractivity contribution in [3.8, 4) is 0 Å². The van der Waals surface area contributed by atoms with Gasteiger partial charge >= 0.3 is 11.9 Å². The summed E-state index contributed by atoms with van der Waals surface area (Å²) >= 11 is 12.5. The van der Waals surface area contributed by atoms with Gasteiger partial charge in [0.15, 0.2) is 0 Å². The lowest BCUT2D eigenvalue weighted by molar-refractivity contribution is -0.164. The number of rotatable bonds is 9. The molecule has 0 aromatic heterocycles. The van der Waals surface area contributed by atoms with Gasteiger partial charge in [-0.15, -0.1) is 0 Å². The fraction of sp³-hybridized carbons (Fsp3) is 0.444. The zero-order valence-corrected chi connectivity index (χ0v) is 21.6. The number of amides is 1. The summed E-state index contributed by atoms with van der Waals surface area (Å²) in [6, 6.07) is 13.2. The van der Waals surface area contributed by atoms with E-state index >= 15 is 0 Å². The van der Waals surface area contributed by atoms with Crippen molar-refractivity contribution in [3.63, 3.8) is 0 Å². The van der Waals surface area contributed by atoms with E-state index in [1.165, 1.54) is 0 Å². The maximum atomic E-state index is 13.9. The number of hydrogen-bond acceptors (Lipinski definition) is 4. The first-order valence-corrected chi connectivity index (χ1v) is 12.6. The van der Waals surface area contributed by atoms with Crippen molar-refractivity contribution >= 4 is 41.0 Å². The molecular formula is C27H31Cl2NO5. The third kappa shape index (κ3) is 6.56. The van der Waals surface area contributed by atoms with Crippen LogP contribution in [-0.2, 0) is 19.1 Å². The number of likely N-dealkylation sites (tertiary alicyclic amines) is 1. The Bertz CT molecular complexity index is 1060. The van der Waals surface area contributed by atoms with Crippen LogP contribution in [0.4, 0.5) is 0 Å². The topological polar surface area (TPSA) is 83.9 Å². The molecule has 6 nitrogen and oxygen atoms in total. The lowest BCUT2D eigenvalue weighted by Crippen LogP contribution is -2.55. The minimum atomic E-state index is -1.06. The molecule has 2 unspecified atom stereocenters. The molecule has 1 amide bonds. The molecule has 1 saturated heterocycles. The summed E-state index contributed by atoms with van der Waals surface area (Å²) in [4.78, 5) is 40.4. The number of nitrogens with zero attached hydrogens (tertiary/aromatic N) is 1. The van der Waals surface area contributed by atoms with Crippen LogP contribution in [0.25, 0.3) is 0 Å². The molecule has 0 saturated carbocycles. The number of carbonyl (C=O) groups is 3. The van der Waals surface area contributed by atoms with Gasteiger partial charge < -0.3 is 14.7 Å². The molecule has 1 heterocycles. The van der Waals surface area contributed by atoms with Crippen LogP contribution in [0.3, 0.4) is 0 Å². The molecule has 188 valence electrons. The maximum Gasteiger partial charge on any atom is 0.328 e. The summed E-state index contributed by atoms with van der Waals surface area (Å²) in [5.41, 5.74) is 1.68. The van der Waals surface area contributed by atoms with E-state index < -0.39 is 29.9 Å². The number of ether oxygens (including phenoxy) is 1. The van der Waals surface area contributed by atoms with E-state index in [2.05, 4.69) is 0 Å². The normalized spacial score (nSPS) is 21.1. The number of halogens is 2. The van der Waals surface area contributed by atoms with Gasteiger partial charge in [0.25, 0.3) is 0 Å². The first kappa shape index (κ1) is 27.0. The second-order valence-electron chi connectivity index (χ2n) is 9.33. The Morgan fingerprint density at radius 3 is 2.34 bits per heavy atom. The minimum Gasteiger partial charge on any atom is -0.481 e. The zero-order valence-electron chi connectivity index (χ0n) is 20.1. The summed E-state index contributed by atoms with van der Waals surface area (Å²) in [6.45, 7) is 5.85. The highest BCUT2D eigenvalue weighted by Gasteiger charge is 2.48. The van der Waals surface area contributed by atoms with Crippen molar-refractivity contribution in [3.05, 3.63) is 69.7 Å². The number of aliphatic carboxylic acids is 1. The number of benzene rings is 2. The summed E-state index contributed by atoms with van der Waals surface area (Å²) in [5.74, 6) is -2.90. The van der Waals surface area contributed by atoms with Crippen molar-refractivity contribution < 1.29 is 24.2 Å². The molecule has 1 fully saturated rings. The zero-order chi connectivity index (χ0) is 25.7. The van der Waals surface area contributed by atoms with Crippen molar-refractivity contribution in [1.82, 2.24) is 4.90 Å². The Morgan fingerprint density at radius 2 is 1.77 bits per heavy atom. The second kappa shape index (κ2) is 11.9. The Balaban J connectivity index is 2.23. The Labute approximate surface area is 216 Å². The van der Waals surface area contributed by atoms with Gasteiger partial charge in [-0.3, -0.25) is 9.59 Å². The van der Waals surface area contributed by atoms with Crippen LogP contribution in [0.5, 0.6) is 0 Å². The monoisotopic (exact) mass is 519 g/mol. The van der Waals surface area contributed by atoms with E-state index in [1.807, 2.05) is 44.2 Å². The predicted molar refractivity (Wildman–Crippen MR) is 135 cm³/mol. The molecule has 4 atom stereocenters. The van der Waals surface area contributed by atoms with Crippen LogP contribution in [-0.4, -0.2) is 40.5 Å². The first-order valence-electron chi connectivity index (χ1n) is 11.8. The standard InChI is InChI=1S/C27H31Cl2NO5/c1-4-35-27(34)23(12-16(2)3)30-25(17-8-10-20(28)11-9-17)22(18-6-5-7-21(29)13-18)14-19(26(30)33)15-24(31)32/h5-11,13,16,19,22-23,25H,4,12,14-15H2,1-3H3,(H,31,32)/t19-,22-,23?,25?/m1/s1. The van der Waals surface area contributed by atoms with E-state index in [9.17, 15) is 19.5 Å². The molecule has 0 spiro atoms. The van der Waals surface area contributed by atoms with Gasteiger partial charge in [-0.1, -0.05) is 61.3 Å². The summed E-state index contributed by atoms with van der Waals surface area (Å²) < 4.78 is 5.39. The van der Waals surface area contributed by atoms with Crippen LogP contribution in [0.15, 0.2) is 48.5 Å². The molecular weight excluding hydrogens is 489 g/mol. The average Bonchev–Trinajstić information content (AvgIpc) is 2.79. The number of carbonyl (C=O) groups excluding carboxylic acids is 2. The summed E-state index contributed by atoms with van der Waals surface area (Å²) in [6.07, 6.45) is 0.375. The third-order valence-corrected chi connectivity index (χ3v) is 6.81. The third-order valence-electron chi connectivity index (χ3n) is 6.32. The highest BCUT2D eigenvalue weighted by Crippen LogP contribution is 2.48. The van der Waals surface area contributed by atoms with Crippen molar-refractivity contribution in [1.29, 1.82) is 0 Å². The number of hydrogen-bond donors (Lipinski definition) is 1. The van der Waals surface area contributed by atoms with Gasteiger partial charge in [0, 0.05) is 21.9 Å². The van der Waals surface area contributed by atoms with Gasteiger partial charge in [0.05, 0.1) is 19.1 Å². The van der Waals surface area contributed by atoms with Crippen LogP contribution in [0.1, 0.15) is 63.1 Å². The molecule has 0 radical (unpaired) electrons. The second-order valence-corrected chi connectivity index (χ2v) is 10.2. The first-order chi connectivity index (χ1) is 16.6. The molecule has 35 heavy (non-hydrogen) atoms. The highest BCUT2D eigenvalue weighted by atomic mass is 35.5. The van der Waals surface area contributed by atoms with Crippen molar-refractivity contribution in [2.45, 2.75) is 58.0 Å². The van der Waals surface area contributed by atoms with Crippen LogP contribution in [0.2, 0.25) is 10.0 Å². The molecule has 0 bridgehead atoms. The SMILES string of the molecule is CCOC(=O)C(CC(C)C)N1C(=O)[C@@H](CC(=O)O)C[C@H](c2cccc(Cl)c2)C1c1ccc(Cl)cc1. The number of piperidine rings is 1. The van der Waals surface area contributed by atoms with Gasteiger partial charge in [-0.2, -0.15) is 0 Å². The lowest BCUT2D eigenvalue weighted by atomic mass is 9.74. The lowest BCUT2D eigenvalue weighted by Gasteiger charge is -2.47. The van der Waals surface area contributed by atoms with Crippen LogP contribution >= 0.6 is 23.2 Å². The fourth-order valence-electron chi connectivity index (χ4n) is 4.92. The Hall–Kier alpha value is -2.57. The van der Waals surface area contributed by atoms with Crippen molar-refractivity contribution in [2.75, 3.05) is 6.61 Å². The highest BCUT2D eigenvalue weighted by molar-refractivity contribution is 6.30. The van der Waals surface area contributed by atoms with E-state index in [-0.39, 0.29) is 30.8 Å². The molecule has 3 rings (SSSR count). The molecule has 2 aromatic carbocycles. The fourth-order valence-corrected chi connectivity index (χ4v) is 5.25. The molecule has 8 heteroatoms. The molecule has 0 aliphatic carbocycles. The summed E-state index contributed by atoms with van der Waals surface area (Å²) in [5, 5.41) is 10.7. The molecule has 1 aliphatic heterocycles. The Kier molecular flexibility index (Phi) is 9.20. The molecule has 1 aliphatic rings. The van der Waals surface area contributed by atoms with E-state index in [1.54, 1.807) is 30.0 Å². The largest absolute Gasteiger partial charge is 0.481 e. The van der Waals surface area contributed by atoms with Gasteiger partial charge in [0.2, 0.25) is 5.91 Å². The number of carboxylic acid groups (broad SMARTS) is 1. The van der Waals surface area contributed by atoms with E-state index in [4.69, 9.17) is 27.9 Å². The van der Waals surface area contributed by atoms with Crippen LogP contribution < -0.4 is 0 Å². The average molecular weight is 520 g/mol. The smallest absolute Gasteiger partial charge is 0.328 e. The van der Waals surface area contributed by atoms with Crippen LogP contribution in [0, 0.1) is 11.8 Å². The van der Waals surface area contributed by atoms with E-state index in [0.29, 0.717) is 22.9 Å². The molecule has 2 aromatic rings. The van der Waals surface area contributed by atoms with Gasteiger partial charge in [-0.05, 0) is 61.1 Å². The quantitative estimate of drug-likeness (QED) is 0.403. The van der Waals surface area contributed by atoms with Crippen molar-refractivity contribution in [2.24, 2.45) is 11.8 Å². The summed E-state index contributed by atoms with van der Waals surface area (Å²) in [7, 11) is 0. The van der Waals surface area contributed by atoms with E-state index in [0.717, 1.165) is 11.1 Å². The minimum absolute atomic E-state index is 0.0903. The Morgan fingerprint density at radius 1 is 1.09 bits per heavy atom. The predicted octanol–water partition coefficient (Wildman–Crippen LogP) is 6.12. The number of esters is 1. The number of carboxylic acids is 1.